The Balaban J connectivity index is 1.13. The van der Waals surface area contributed by atoms with Gasteiger partial charge < -0.3 is 29.9 Å². The van der Waals surface area contributed by atoms with Gasteiger partial charge in [-0.1, -0.05) is 13.0 Å². The van der Waals surface area contributed by atoms with Crippen LogP contribution in [0.3, 0.4) is 0 Å². The van der Waals surface area contributed by atoms with Crippen molar-refractivity contribution >= 4 is 40.9 Å². The van der Waals surface area contributed by atoms with E-state index >= 15 is 0 Å². The van der Waals surface area contributed by atoms with Gasteiger partial charge in [0.2, 0.25) is 5.95 Å². The van der Waals surface area contributed by atoms with Crippen LogP contribution in [0, 0.1) is 0 Å². The summed E-state index contributed by atoms with van der Waals surface area (Å²) in [7, 11) is 0. The molecule has 224 valence electrons. The van der Waals surface area contributed by atoms with Crippen LogP contribution < -0.4 is 25.3 Å². The Morgan fingerprint density at radius 3 is 2.53 bits per heavy atom. The number of anilines is 6. The van der Waals surface area contributed by atoms with Gasteiger partial charge in [-0.2, -0.15) is 4.98 Å². The standard InChI is InChI=1S/C32H38N8O3/c1-19-17-42-30(41)39(19)26-6-5-7-27(36-26)40-25-13-31(2,3)43-18-32(25,4)24-15-34-29(37-28(24)40)35-20-8-10-22(11-9-20)38-16-21-12-23(38)14-33-21/h5-11,15,19,21,23,25,33H,12-14,16-18H2,1-4H3,(H,34,35,37)/t19-,21-,23-,25+,32+/m0/s1. The number of cyclic esters (lactones) is 1. The minimum absolute atomic E-state index is 0.0473. The molecular weight excluding hydrogens is 544 g/mol. The number of hydrogen-bond acceptors (Lipinski definition) is 10. The normalized spacial score (nSPS) is 30.4. The molecular formula is C32H38N8O3. The Bertz CT molecular complexity index is 1580. The molecule has 0 unspecified atom stereocenters. The van der Waals surface area contributed by atoms with Crippen LogP contribution in [0.4, 0.5) is 39.6 Å². The zero-order chi connectivity index (χ0) is 29.5. The first-order chi connectivity index (χ1) is 20.7. The number of nitrogens with one attached hydrogen (secondary N) is 2. The van der Waals surface area contributed by atoms with Crippen LogP contribution in [0.5, 0.6) is 0 Å². The van der Waals surface area contributed by atoms with E-state index in [1.807, 2.05) is 31.3 Å². The lowest BCUT2D eigenvalue weighted by molar-refractivity contribution is -0.0893. The molecule has 7 heterocycles. The number of fused-ring (bicyclic) bond motifs is 5. The largest absolute Gasteiger partial charge is 0.447 e. The van der Waals surface area contributed by atoms with Crippen LogP contribution in [0.1, 0.15) is 46.1 Å². The SMILES string of the molecule is C[C@H]1COC(=O)N1c1cccc(N2c3nc(Nc4ccc(N5C[C@@H]6C[C@H]5CN6)cc4)ncc3[C@@]3(C)COC(C)(C)C[C@@H]23)n1. The molecule has 1 amide bonds. The quantitative estimate of drug-likeness (QED) is 0.447. The molecule has 5 atom stereocenters. The van der Waals surface area contributed by atoms with Gasteiger partial charge in [0.1, 0.15) is 24.1 Å². The first-order valence-electron chi connectivity index (χ1n) is 15.3. The molecule has 0 aliphatic carbocycles. The van der Waals surface area contributed by atoms with Gasteiger partial charge in [-0.05, 0) is 70.0 Å². The minimum atomic E-state index is -0.371. The second-order valence-corrected chi connectivity index (χ2v) is 13.5. The number of benzene rings is 1. The Morgan fingerprint density at radius 2 is 1.84 bits per heavy atom. The van der Waals surface area contributed by atoms with Gasteiger partial charge in [-0.3, -0.25) is 4.90 Å². The molecule has 4 saturated heterocycles. The highest BCUT2D eigenvalue weighted by atomic mass is 16.6. The van der Waals surface area contributed by atoms with Gasteiger partial charge >= 0.3 is 6.09 Å². The van der Waals surface area contributed by atoms with E-state index < -0.39 is 0 Å². The molecule has 43 heavy (non-hydrogen) atoms. The highest BCUT2D eigenvalue weighted by molar-refractivity contribution is 5.89. The first-order valence-corrected chi connectivity index (χ1v) is 15.3. The molecule has 5 aliphatic rings. The third kappa shape index (κ3) is 4.31. The summed E-state index contributed by atoms with van der Waals surface area (Å²) in [6.45, 7) is 11.5. The van der Waals surface area contributed by atoms with Crippen molar-refractivity contribution in [3.63, 3.8) is 0 Å². The summed E-state index contributed by atoms with van der Waals surface area (Å²) < 4.78 is 11.6. The van der Waals surface area contributed by atoms with Crippen molar-refractivity contribution in [1.29, 1.82) is 0 Å². The van der Waals surface area contributed by atoms with Crippen LogP contribution in [-0.4, -0.2) is 77.1 Å². The highest BCUT2D eigenvalue weighted by Gasteiger charge is 2.55. The average molecular weight is 583 g/mol. The highest BCUT2D eigenvalue weighted by Crippen LogP contribution is 2.53. The zero-order valence-corrected chi connectivity index (χ0v) is 25.1. The number of pyridine rings is 1. The van der Waals surface area contributed by atoms with Gasteiger partial charge in [-0.15, -0.1) is 0 Å². The van der Waals surface area contributed by atoms with E-state index in [1.165, 1.54) is 12.1 Å². The van der Waals surface area contributed by atoms with Crippen molar-refractivity contribution in [3.8, 4) is 0 Å². The van der Waals surface area contributed by atoms with Crippen LogP contribution in [0.2, 0.25) is 0 Å². The van der Waals surface area contributed by atoms with Crippen molar-refractivity contribution < 1.29 is 14.3 Å². The number of piperazine rings is 1. The molecule has 4 fully saturated rings. The van der Waals surface area contributed by atoms with E-state index in [2.05, 4.69) is 65.5 Å². The molecule has 5 aliphatic heterocycles. The summed E-state index contributed by atoms with van der Waals surface area (Å²) in [6.07, 6.45) is 3.57. The van der Waals surface area contributed by atoms with Crippen LogP contribution >= 0.6 is 0 Å². The predicted molar refractivity (Wildman–Crippen MR) is 165 cm³/mol. The molecule has 0 radical (unpaired) electrons. The lowest BCUT2D eigenvalue weighted by Gasteiger charge is -2.46. The second-order valence-electron chi connectivity index (χ2n) is 13.5. The van der Waals surface area contributed by atoms with Crippen molar-refractivity contribution in [2.24, 2.45) is 0 Å². The number of hydrogen-bond donors (Lipinski definition) is 2. The van der Waals surface area contributed by atoms with Crippen LogP contribution in [0.15, 0.2) is 48.7 Å². The number of carbonyl (C=O) groups excluding carboxylic acids is 1. The fraction of sp³-hybridized carbons (Fsp3) is 0.500. The van der Waals surface area contributed by atoms with Crippen molar-refractivity contribution in [2.45, 2.75) is 75.7 Å². The maximum absolute atomic E-state index is 12.5. The lowest BCUT2D eigenvalue weighted by atomic mass is 9.73. The fourth-order valence-electron chi connectivity index (χ4n) is 7.52. The van der Waals surface area contributed by atoms with Gasteiger partial charge in [0.05, 0.1) is 24.3 Å². The summed E-state index contributed by atoms with van der Waals surface area (Å²) in [4.78, 5) is 33.7. The van der Waals surface area contributed by atoms with Crippen LogP contribution in [0.25, 0.3) is 0 Å². The smallest absolute Gasteiger partial charge is 0.415 e. The van der Waals surface area contributed by atoms with E-state index in [9.17, 15) is 4.79 Å². The van der Waals surface area contributed by atoms with Crippen molar-refractivity contribution in [1.82, 2.24) is 20.3 Å². The zero-order valence-electron chi connectivity index (χ0n) is 25.1. The number of amides is 1. The number of nitrogens with zero attached hydrogens (tertiary/aromatic N) is 6. The summed E-state index contributed by atoms with van der Waals surface area (Å²) in [5, 5.41) is 7.01. The first kappa shape index (κ1) is 26.7. The van der Waals surface area contributed by atoms with Gasteiger partial charge in [-0.25, -0.2) is 14.8 Å². The minimum Gasteiger partial charge on any atom is -0.447 e. The molecule has 0 spiro atoms. The molecule has 3 aromatic rings. The van der Waals surface area contributed by atoms with Gasteiger partial charge in [0, 0.05) is 53.7 Å². The van der Waals surface area contributed by atoms with Gasteiger partial charge in [0.15, 0.2) is 0 Å². The van der Waals surface area contributed by atoms with E-state index in [-0.39, 0.29) is 29.2 Å². The van der Waals surface area contributed by atoms with E-state index in [4.69, 9.17) is 24.4 Å². The van der Waals surface area contributed by atoms with E-state index in [0.29, 0.717) is 37.1 Å². The number of carbonyl (C=O) groups is 1. The molecule has 0 saturated carbocycles. The summed E-state index contributed by atoms with van der Waals surface area (Å²) >= 11 is 0. The number of ether oxygens (including phenoxy) is 2. The Kier molecular flexibility index (Phi) is 5.90. The predicted octanol–water partition coefficient (Wildman–Crippen LogP) is 4.49. The fourth-order valence-corrected chi connectivity index (χ4v) is 7.52. The van der Waals surface area contributed by atoms with Gasteiger partial charge in [0.25, 0.3) is 0 Å². The Morgan fingerprint density at radius 1 is 1.05 bits per heavy atom. The maximum Gasteiger partial charge on any atom is 0.415 e. The number of rotatable bonds is 5. The van der Waals surface area contributed by atoms with E-state index in [1.54, 1.807) is 4.90 Å². The molecule has 2 bridgehead atoms. The van der Waals surface area contributed by atoms with Crippen molar-refractivity contribution in [3.05, 3.63) is 54.2 Å². The maximum atomic E-state index is 12.5. The van der Waals surface area contributed by atoms with Crippen LogP contribution in [-0.2, 0) is 14.9 Å². The number of aromatic nitrogens is 3. The monoisotopic (exact) mass is 582 g/mol. The van der Waals surface area contributed by atoms with E-state index in [0.717, 1.165) is 42.4 Å². The Hall–Kier alpha value is -3.96. The second kappa shape index (κ2) is 9.52. The topological polar surface area (TPSA) is 108 Å². The third-order valence-corrected chi connectivity index (χ3v) is 9.92. The summed E-state index contributed by atoms with van der Waals surface area (Å²) in [6, 6.07) is 15.5. The third-order valence-electron chi connectivity index (χ3n) is 9.92. The average Bonchev–Trinajstić information content (AvgIpc) is 3.76. The lowest BCUT2D eigenvalue weighted by Crippen LogP contribution is -2.54. The molecule has 11 heteroatoms. The molecule has 11 nitrogen and oxygen atoms in total. The molecule has 2 N–H and O–H groups in total. The summed E-state index contributed by atoms with van der Waals surface area (Å²) in [5.74, 6) is 2.64. The Labute approximate surface area is 251 Å². The molecule has 1 aromatic carbocycles. The van der Waals surface area contributed by atoms with Crippen molar-refractivity contribution in [2.75, 3.05) is 46.3 Å². The molecule has 8 rings (SSSR count). The molecule has 2 aromatic heterocycles. The summed E-state index contributed by atoms with van der Waals surface area (Å²) in [5.41, 5.74) is 2.59.